The Hall–Kier alpha value is -0.680. The lowest BCUT2D eigenvalue weighted by Crippen LogP contribution is -2.35. The fourth-order valence-electron chi connectivity index (χ4n) is 1.62. The number of nitrogens with zero attached hydrogens (tertiary/aromatic N) is 2. The number of rotatable bonds is 5. The molecule has 0 aliphatic carbocycles. The predicted molar refractivity (Wildman–Crippen MR) is 68.3 cm³/mol. The van der Waals surface area contributed by atoms with Crippen LogP contribution in [-0.2, 0) is 0 Å². The first-order chi connectivity index (χ1) is 7.39. The largest absolute Gasteiger partial charge is 0.388 e. The molecule has 0 spiro atoms. The number of nitrogens with one attached hydrogen (secondary N) is 1. The third-order valence-electron chi connectivity index (χ3n) is 2.10. The Bertz CT molecular complexity index is 325. The van der Waals surface area contributed by atoms with Gasteiger partial charge >= 0.3 is 0 Å². The summed E-state index contributed by atoms with van der Waals surface area (Å²) in [6.07, 6.45) is 4.09. The van der Waals surface area contributed by atoms with Crippen molar-refractivity contribution >= 4 is 21.9 Å². The van der Waals surface area contributed by atoms with Crippen molar-refractivity contribution < 1.29 is 5.11 Å². The fraction of sp³-hybridized carbons (Fsp3) is 0.636. The lowest BCUT2D eigenvalue weighted by atomic mass is 9.94. The molecule has 0 amide bonds. The van der Waals surface area contributed by atoms with Crippen molar-refractivity contribution in [1.82, 2.24) is 9.97 Å². The average Bonchev–Trinajstić information content (AvgIpc) is 2.15. The molecule has 1 aromatic rings. The van der Waals surface area contributed by atoms with E-state index in [4.69, 9.17) is 0 Å². The lowest BCUT2D eigenvalue weighted by Gasteiger charge is -2.25. The van der Waals surface area contributed by atoms with E-state index < -0.39 is 5.60 Å². The van der Waals surface area contributed by atoms with Crippen LogP contribution in [0.3, 0.4) is 0 Å². The van der Waals surface area contributed by atoms with Gasteiger partial charge in [0.2, 0.25) is 5.95 Å². The van der Waals surface area contributed by atoms with E-state index in [1.807, 2.05) is 6.92 Å². The van der Waals surface area contributed by atoms with E-state index in [1.165, 1.54) is 0 Å². The van der Waals surface area contributed by atoms with Crippen LogP contribution in [0.2, 0.25) is 0 Å². The monoisotopic (exact) mass is 287 g/mol. The molecule has 1 heterocycles. The summed E-state index contributed by atoms with van der Waals surface area (Å²) in [6, 6.07) is 0. The maximum atomic E-state index is 10.1. The normalized spacial score (nSPS) is 14.9. The van der Waals surface area contributed by atoms with E-state index in [0.29, 0.717) is 18.4 Å². The standard InChI is InChI=1S/C11H18BrN3O/c1-8(2)4-11(3,16)7-15-10-13-5-9(12)6-14-10/h5-6,8,16H,4,7H2,1-3H3,(H,13,14,15). The summed E-state index contributed by atoms with van der Waals surface area (Å²) in [7, 11) is 0. The molecule has 0 aliphatic heterocycles. The molecule has 0 bridgehead atoms. The van der Waals surface area contributed by atoms with Crippen molar-refractivity contribution in [2.75, 3.05) is 11.9 Å². The minimum Gasteiger partial charge on any atom is -0.388 e. The smallest absolute Gasteiger partial charge is 0.222 e. The van der Waals surface area contributed by atoms with Gasteiger partial charge in [0.05, 0.1) is 10.1 Å². The van der Waals surface area contributed by atoms with Gasteiger partial charge in [-0.25, -0.2) is 9.97 Å². The number of aromatic nitrogens is 2. The minimum absolute atomic E-state index is 0.451. The molecular formula is C11H18BrN3O. The SMILES string of the molecule is CC(C)CC(C)(O)CNc1ncc(Br)cn1. The minimum atomic E-state index is -0.732. The molecule has 2 N–H and O–H groups in total. The molecule has 0 saturated heterocycles. The molecule has 5 heteroatoms. The van der Waals surface area contributed by atoms with E-state index >= 15 is 0 Å². The van der Waals surface area contributed by atoms with Crippen LogP contribution in [0.5, 0.6) is 0 Å². The van der Waals surface area contributed by atoms with Crippen molar-refractivity contribution in [3.63, 3.8) is 0 Å². The Morgan fingerprint density at radius 1 is 1.44 bits per heavy atom. The summed E-state index contributed by atoms with van der Waals surface area (Å²) in [5.74, 6) is 0.995. The molecule has 0 fully saturated rings. The molecule has 1 unspecified atom stereocenters. The summed E-state index contributed by atoms with van der Waals surface area (Å²) >= 11 is 3.27. The lowest BCUT2D eigenvalue weighted by molar-refractivity contribution is 0.0514. The van der Waals surface area contributed by atoms with Crippen LogP contribution < -0.4 is 5.32 Å². The van der Waals surface area contributed by atoms with E-state index in [1.54, 1.807) is 12.4 Å². The first kappa shape index (κ1) is 13.4. The van der Waals surface area contributed by atoms with Crippen LogP contribution in [0.15, 0.2) is 16.9 Å². The predicted octanol–water partition coefficient (Wildman–Crippen LogP) is 2.45. The van der Waals surface area contributed by atoms with Crippen LogP contribution in [0, 0.1) is 5.92 Å². The third kappa shape index (κ3) is 4.90. The van der Waals surface area contributed by atoms with Gasteiger partial charge in [0.15, 0.2) is 0 Å². The van der Waals surface area contributed by atoms with Crippen LogP contribution in [0.4, 0.5) is 5.95 Å². The summed E-state index contributed by atoms with van der Waals surface area (Å²) in [4.78, 5) is 8.16. The number of anilines is 1. The summed E-state index contributed by atoms with van der Waals surface area (Å²) in [5, 5.41) is 13.1. The molecule has 1 rings (SSSR count). The molecule has 0 aromatic carbocycles. The van der Waals surface area contributed by atoms with E-state index in [9.17, 15) is 5.11 Å². The summed E-state index contributed by atoms with van der Waals surface area (Å²) < 4.78 is 0.840. The Balaban J connectivity index is 2.47. The zero-order valence-corrected chi connectivity index (χ0v) is 11.5. The van der Waals surface area contributed by atoms with Gasteiger partial charge < -0.3 is 10.4 Å². The van der Waals surface area contributed by atoms with Crippen LogP contribution in [0.1, 0.15) is 27.2 Å². The molecule has 90 valence electrons. The first-order valence-electron chi connectivity index (χ1n) is 5.33. The van der Waals surface area contributed by atoms with Gasteiger partial charge in [0, 0.05) is 18.9 Å². The second-order valence-electron chi connectivity index (χ2n) is 4.67. The highest BCUT2D eigenvalue weighted by atomic mass is 79.9. The van der Waals surface area contributed by atoms with Crippen LogP contribution in [-0.4, -0.2) is 27.2 Å². The van der Waals surface area contributed by atoms with Crippen molar-refractivity contribution in [2.45, 2.75) is 32.8 Å². The quantitative estimate of drug-likeness (QED) is 0.873. The van der Waals surface area contributed by atoms with Gasteiger partial charge in [-0.2, -0.15) is 0 Å². The van der Waals surface area contributed by atoms with Gasteiger partial charge in [-0.1, -0.05) is 13.8 Å². The van der Waals surface area contributed by atoms with Crippen LogP contribution >= 0.6 is 15.9 Å². The highest BCUT2D eigenvalue weighted by Gasteiger charge is 2.21. The highest BCUT2D eigenvalue weighted by molar-refractivity contribution is 9.10. The Labute approximate surface area is 105 Å². The van der Waals surface area contributed by atoms with E-state index in [0.717, 1.165) is 10.9 Å². The molecule has 0 aliphatic rings. The Kier molecular flexibility index (Phi) is 4.68. The van der Waals surface area contributed by atoms with Gasteiger partial charge in [0.1, 0.15) is 0 Å². The fourth-order valence-corrected chi connectivity index (χ4v) is 1.83. The molecule has 4 nitrogen and oxygen atoms in total. The average molecular weight is 288 g/mol. The maximum Gasteiger partial charge on any atom is 0.222 e. The maximum absolute atomic E-state index is 10.1. The number of halogens is 1. The molecule has 0 saturated carbocycles. The molecule has 0 radical (unpaired) electrons. The number of hydrogen-bond acceptors (Lipinski definition) is 4. The molecule has 1 aromatic heterocycles. The topological polar surface area (TPSA) is 58.0 Å². The van der Waals surface area contributed by atoms with Crippen molar-refractivity contribution in [1.29, 1.82) is 0 Å². The van der Waals surface area contributed by atoms with Gasteiger partial charge in [0.25, 0.3) is 0 Å². The highest BCUT2D eigenvalue weighted by Crippen LogP contribution is 2.16. The zero-order valence-electron chi connectivity index (χ0n) is 9.87. The molecule has 1 atom stereocenters. The van der Waals surface area contributed by atoms with Crippen molar-refractivity contribution in [3.05, 3.63) is 16.9 Å². The Morgan fingerprint density at radius 2 is 2.00 bits per heavy atom. The van der Waals surface area contributed by atoms with E-state index in [-0.39, 0.29) is 0 Å². The summed E-state index contributed by atoms with van der Waals surface area (Å²) in [6.45, 7) is 6.45. The second kappa shape index (κ2) is 5.59. The van der Waals surface area contributed by atoms with Gasteiger partial charge in [-0.3, -0.25) is 0 Å². The van der Waals surface area contributed by atoms with Crippen molar-refractivity contribution in [3.8, 4) is 0 Å². The van der Waals surface area contributed by atoms with Gasteiger partial charge in [-0.15, -0.1) is 0 Å². The van der Waals surface area contributed by atoms with Crippen LogP contribution in [0.25, 0.3) is 0 Å². The van der Waals surface area contributed by atoms with E-state index in [2.05, 4.69) is 45.1 Å². The molecular weight excluding hydrogens is 270 g/mol. The molecule has 16 heavy (non-hydrogen) atoms. The number of aliphatic hydroxyl groups is 1. The van der Waals surface area contributed by atoms with Crippen molar-refractivity contribution in [2.24, 2.45) is 5.92 Å². The van der Waals surface area contributed by atoms with Gasteiger partial charge in [-0.05, 0) is 35.2 Å². The first-order valence-corrected chi connectivity index (χ1v) is 6.12. The second-order valence-corrected chi connectivity index (χ2v) is 5.59. The third-order valence-corrected chi connectivity index (χ3v) is 2.51. The Morgan fingerprint density at radius 3 is 2.50 bits per heavy atom. The zero-order chi connectivity index (χ0) is 12.2. The number of hydrogen-bond donors (Lipinski definition) is 2. The summed E-state index contributed by atoms with van der Waals surface area (Å²) in [5.41, 5.74) is -0.732.